The fourth-order valence-electron chi connectivity index (χ4n) is 3.38. The minimum atomic E-state index is -0.277. The summed E-state index contributed by atoms with van der Waals surface area (Å²) >= 11 is 2.72. The van der Waals surface area contributed by atoms with Crippen molar-refractivity contribution in [3.05, 3.63) is 104 Å². The third-order valence-corrected chi connectivity index (χ3v) is 7.27. The first-order valence-electron chi connectivity index (χ1n) is 10.6. The molecule has 7 nitrogen and oxygen atoms in total. The predicted molar refractivity (Wildman–Crippen MR) is 134 cm³/mol. The molecule has 0 spiro atoms. The van der Waals surface area contributed by atoms with Gasteiger partial charge in [-0.2, -0.15) is 0 Å². The molecule has 0 atom stereocenters. The summed E-state index contributed by atoms with van der Waals surface area (Å²) in [5, 5.41) is 4.18. The topological polar surface area (TPSA) is 86.1 Å². The number of amides is 1. The maximum Gasteiger partial charge on any atom is 0.263 e. The average molecular weight is 489 g/mol. The first-order chi connectivity index (χ1) is 16.6. The van der Waals surface area contributed by atoms with Crippen LogP contribution >= 0.6 is 22.7 Å². The van der Waals surface area contributed by atoms with E-state index in [2.05, 4.69) is 15.3 Å². The van der Waals surface area contributed by atoms with Gasteiger partial charge in [-0.25, -0.2) is 9.97 Å². The van der Waals surface area contributed by atoms with Gasteiger partial charge in [0.15, 0.2) is 5.13 Å². The minimum absolute atomic E-state index is 0.239. The fourth-order valence-corrected chi connectivity index (χ4v) is 5.26. The van der Waals surface area contributed by atoms with Crippen molar-refractivity contribution in [2.24, 2.45) is 0 Å². The Morgan fingerprint density at radius 3 is 2.62 bits per heavy atom. The normalized spacial score (nSPS) is 11.0. The molecule has 2 aromatic carbocycles. The van der Waals surface area contributed by atoms with E-state index in [1.54, 1.807) is 30.5 Å². The Labute approximate surface area is 203 Å². The Hall–Kier alpha value is -3.82. The van der Waals surface area contributed by atoms with Crippen LogP contribution in [-0.2, 0) is 13.2 Å². The van der Waals surface area contributed by atoms with Gasteiger partial charge in [-0.15, -0.1) is 11.3 Å². The summed E-state index contributed by atoms with van der Waals surface area (Å²) in [5.41, 5.74) is 2.23. The zero-order valence-corrected chi connectivity index (χ0v) is 19.9. The molecule has 0 saturated heterocycles. The highest BCUT2D eigenvalue weighted by molar-refractivity contribution is 7.18. The molecular formula is C25H20N4O3S2. The van der Waals surface area contributed by atoms with Crippen LogP contribution in [0.1, 0.15) is 25.9 Å². The highest BCUT2D eigenvalue weighted by atomic mass is 32.1. The molecule has 170 valence electrons. The van der Waals surface area contributed by atoms with E-state index >= 15 is 0 Å². The van der Waals surface area contributed by atoms with Gasteiger partial charge in [0.1, 0.15) is 22.2 Å². The number of hydrogen-bond donors (Lipinski definition) is 1. The maximum absolute atomic E-state index is 12.8. The lowest BCUT2D eigenvalue weighted by molar-refractivity contribution is 0.0954. The van der Waals surface area contributed by atoms with E-state index < -0.39 is 0 Å². The van der Waals surface area contributed by atoms with Crippen LogP contribution < -0.4 is 15.6 Å². The second-order valence-corrected chi connectivity index (χ2v) is 9.61. The Balaban J connectivity index is 1.27. The summed E-state index contributed by atoms with van der Waals surface area (Å²) in [6.07, 6.45) is 1.61. The second-order valence-electron chi connectivity index (χ2n) is 7.51. The van der Waals surface area contributed by atoms with Crippen molar-refractivity contribution in [1.29, 1.82) is 0 Å². The van der Waals surface area contributed by atoms with Crippen molar-refractivity contribution >= 4 is 38.8 Å². The number of benzene rings is 2. The van der Waals surface area contributed by atoms with Crippen LogP contribution in [0.4, 0.5) is 0 Å². The number of nitrogens with one attached hydrogen (secondary N) is 1. The maximum atomic E-state index is 12.8. The fraction of sp³-hybridized carbons (Fsp3) is 0.120. The summed E-state index contributed by atoms with van der Waals surface area (Å²) in [4.78, 5) is 34.9. The molecule has 0 radical (unpaired) electrons. The Bertz CT molecular complexity index is 1490. The van der Waals surface area contributed by atoms with Gasteiger partial charge in [0.05, 0.1) is 22.5 Å². The van der Waals surface area contributed by atoms with Crippen molar-refractivity contribution in [3.8, 4) is 10.9 Å². The zero-order chi connectivity index (χ0) is 23.5. The standard InChI is InChI=1S/C25H20N4O3S2/c1-16-23(24(31)26-14-21-28-19-9-5-6-10-20(19)33-21)34-25(27-16)29-12-11-18(13-22(29)30)32-15-17-7-3-2-4-8-17/h2-13H,14-15H2,1H3,(H,26,31). The lowest BCUT2D eigenvalue weighted by Gasteiger charge is -2.07. The number of hydrogen-bond acceptors (Lipinski definition) is 7. The van der Waals surface area contributed by atoms with Crippen molar-refractivity contribution < 1.29 is 9.53 Å². The van der Waals surface area contributed by atoms with E-state index in [0.717, 1.165) is 20.8 Å². The van der Waals surface area contributed by atoms with Gasteiger partial charge in [0.25, 0.3) is 11.5 Å². The predicted octanol–water partition coefficient (Wildman–Crippen LogP) is 4.72. The van der Waals surface area contributed by atoms with E-state index in [1.165, 1.54) is 22.0 Å². The first-order valence-corrected chi connectivity index (χ1v) is 12.2. The van der Waals surface area contributed by atoms with Gasteiger partial charge >= 0.3 is 0 Å². The average Bonchev–Trinajstić information content (AvgIpc) is 3.45. The molecule has 9 heteroatoms. The van der Waals surface area contributed by atoms with Crippen LogP contribution in [0.25, 0.3) is 15.3 Å². The van der Waals surface area contributed by atoms with Gasteiger partial charge in [-0.1, -0.05) is 53.8 Å². The Morgan fingerprint density at radius 1 is 1.03 bits per heavy atom. The number of aryl methyl sites for hydroxylation is 1. The van der Waals surface area contributed by atoms with Gasteiger partial charge in [0, 0.05) is 12.3 Å². The Morgan fingerprint density at radius 2 is 1.82 bits per heavy atom. The van der Waals surface area contributed by atoms with Crippen molar-refractivity contribution in [3.63, 3.8) is 0 Å². The van der Waals surface area contributed by atoms with Crippen molar-refractivity contribution in [1.82, 2.24) is 19.9 Å². The monoisotopic (exact) mass is 488 g/mol. The van der Waals surface area contributed by atoms with Crippen LogP contribution in [-0.4, -0.2) is 20.4 Å². The quantitative estimate of drug-likeness (QED) is 0.358. The number of aromatic nitrogens is 3. The van der Waals surface area contributed by atoms with E-state index in [4.69, 9.17) is 4.74 Å². The summed E-state index contributed by atoms with van der Waals surface area (Å²) in [7, 11) is 0. The highest BCUT2D eigenvalue weighted by Gasteiger charge is 2.17. The largest absolute Gasteiger partial charge is 0.489 e. The summed E-state index contributed by atoms with van der Waals surface area (Å²) in [5.74, 6) is 0.239. The number of thiazole rings is 2. The number of ether oxygens (including phenoxy) is 1. The summed E-state index contributed by atoms with van der Waals surface area (Å²) in [6.45, 7) is 2.47. The third-order valence-electron chi connectivity index (χ3n) is 5.08. The second kappa shape index (κ2) is 9.58. The number of fused-ring (bicyclic) bond motifs is 1. The van der Waals surface area contributed by atoms with E-state index in [9.17, 15) is 9.59 Å². The molecule has 5 aromatic rings. The molecule has 34 heavy (non-hydrogen) atoms. The van der Waals surface area contributed by atoms with Crippen molar-refractivity contribution in [2.75, 3.05) is 0 Å². The Kier molecular flexibility index (Phi) is 6.20. The van der Waals surface area contributed by atoms with Crippen LogP contribution in [0.5, 0.6) is 5.75 Å². The third kappa shape index (κ3) is 4.75. The summed E-state index contributed by atoms with van der Waals surface area (Å²) < 4.78 is 8.22. The first kappa shape index (κ1) is 22.0. The molecule has 0 saturated carbocycles. The zero-order valence-electron chi connectivity index (χ0n) is 18.2. The smallest absolute Gasteiger partial charge is 0.263 e. The molecule has 0 aliphatic rings. The minimum Gasteiger partial charge on any atom is -0.489 e. The van der Waals surface area contributed by atoms with Crippen LogP contribution in [0.15, 0.2) is 77.7 Å². The molecular weight excluding hydrogens is 468 g/mol. The van der Waals surface area contributed by atoms with Gasteiger partial charge < -0.3 is 10.1 Å². The van der Waals surface area contributed by atoms with E-state index in [1.807, 2.05) is 54.6 Å². The van der Waals surface area contributed by atoms with Crippen molar-refractivity contribution in [2.45, 2.75) is 20.1 Å². The molecule has 1 N–H and O–H groups in total. The highest BCUT2D eigenvalue weighted by Crippen LogP contribution is 2.23. The number of pyridine rings is 1. The molecule has 0 unspecified atom stereocenters. The lowest BCUT2D eigenvalue weighted by atomic mass is 10.2. The van der Waals surface area contributed by atoms with E-state index in [-0.39, 0.29) is 11.5 Å². The van der Waals surface area contributed by atoms with Crippen LogP contribution in [0.3, 0.4) is 0 Å². The molecule has 3 aromatic heterocycles. The number of carbonyl (C=O) groups is 1. The van der Waals surface area contributed by atoms with Gasteiger partial charge in [0.2, 0.25) is 0 Å². The molecule has 3 heterocycles. The lowest BCUT2D eigenvalue weighted by Crippen LogP contribution is -2.22. The van der Waals surface area contributed by atoms with Crippen LogP contribution in [0, 0.1) is 6.92 Å². The number of rotatable bonds is 7. The van der Waals surface area contributed by atoms with Gasteiger partial charge in [-0.05, 0) is 30.7 Å². The SMILES string of the molecule is Cc1nc(-n2ccc(OCc3ccccc3)cc2=O)sc1C(=O)NCc1nc2ccccc2s1. The number of para-hydroxylation sites is 1. The van der Waals surface area contributed by atoms with Crippen LogP contribution in [0.2, 0.25) is 0 Å². The number of carbonyl (C=O) groups excluding carboxylic acids is 1. The number of nitrogens with zero attached hydrogens (tertiary/aromatic N) is 3. The van der Waals surface area contributed by atoms with Gasteiger partial charge in [-0.3, -0.25) is 14.2 Å². The molecule has 1 amide bonds. The molecule has 0 bridgehead atoms. The van der Waals surface area contributed by atoms with E-state index in [0.29, 0.717) is 34.6 Å². The molecule has 5 rings (SSSR count). The molecule has 0 fully saturated rings. The summed E-state index contributed by atoms with van der Waals surface area (Å²) in [6, 6.07) is 20.7. The molecule has 0 aliphatic heterocycles. The molecule has 0 aliphatic carbocycles.